The van der Waals surface area contributed by atoms with E-state index in [9.17, 15) is 9.59 Å². The first-order chi connectivity index (χ1) is 15.0. The molecule has 1 aliphatic heterocycles. The number of hydrogen-bond donors (Lipinski definition) is 0. The maximum absolute atomic E-state index is 12.9. The van der Waals surface area contributed by atoms with Crippen LogP contribution in [-0.4, -0.2) is 62.7 Å². The summed E-state index contributed by atoms with van der Waals surface area (Å²) in [4.78, 5) is 25.9. The molecule has 1 aliphatic rings. The van der Waals surface area contributed by atoms with Crippen molar-refractivity contribution in [3.63, 3.8) is 0 Å². The lowest BCUT2D eigenvalue weighted by Gasteiger charge is -2.40. The van der Waals surface area contributed by atoms with Gasteiger partial charge in [0.2, 0.25) is 0 Å². The molecule has 0 aliphatic carbocycles. The second-order valence-corrected chi connectivity index (χ2v) is 11.2. The summed E-state index contributed by atoms with van der Waals surface area (Å²) in [7, 11) is 5.36. The molecule has 0 saturated carbocycles. The molecule has 32 heavy (non-hydrogen) atoms. The average Bonchev–Trinajstić information content (AvgIpc) is 3.13. The van der Waals surface area contributed by atoms with Crippen molar-refractivity contribution in [2.45, 2.75) is 52.1 Å². The standard InChI is InChI=1S/C25H36NO5S/c1-25(2,3)31-24(28)16-26(4)11-9-17(10-12-26)7-8-19(27)23-14-18-13-20(29-5)21(30-6)15-22(18)32-23/h13-15,17H,7-12,16H2,1-6H3/q+1. The zero-order valence-corrected chi connectivity index (χ0v) is 21.0. The molecule has 7 heteroatoms. The number of esters is 1. The van der Waals surface area contributed by atoms with Crippen molar-refractivity contribution in [3.05, 3.63) is 23.1 Å². The minimum atomic E-state index is -0.447. The van der Waals surface area contributed by atoms with Gasteiger partial charge in [0.1, 0.15) is 5.60 Å². The number of hydrogen-bond acceptors (Lipinski definition) is 6. The summed E-state index contributed by atoms with van der Waals surface area (Å²) in [6.07, 6.45) is 3.52. The number of likely N-dealkylation sites (tertiary alicyclic amines) is 1. The molecule has 6 nitrogen and oxygen atoms in total. The molecule has 0 amide bonds. The Hall–Kier alpha value is -2.12. The van der Waals surface area contributed by atoms with Gasteiger partial charge in [0.15, 0.2) is 23.8 Å². The SMILES string of the molecule is COc1cc2cc(C(=O)CCC3CC[N+](C)(CC(=O)OC(C)(C)C)CC3)sc2cc1OC. The highest BCUT2D eigenvalue weighted by Gasteiger charge is 2.34. The maximum Gasteiger partial charge on any atom is 0.362 e. The molecule has 1 aromatic carbocycles. The number of piperidine rings is 1. The molecule has 2 heterocycles. The van der Waals surface area contributed by atoms with Crippen molar-refractivity contribution < 1.29 is 28.3 Å². The van der Waals surface area contributed by atoms with E-state index >= 15 is 0 Å². The van der Waals surface area contributed by atoms with Crippen molar-refractivity contribution >= 4 is 33.2 Å². The van der Waals surface area contributed by atoms with Crippen LogP contribution in [0.2, 0.25) is 0 Å². The minimum absolute atomic E-state index is 0.133. The van der Waals surface area contributed by atoms with Gasteiger partial charge >= 0.3 is 5.97 Å². The van der Waals surface area contributed by atoms with Crippen LogP contribution in [0, 0.1) is 5.92 Å². The van der Waals surface area contributed by atoms with E-state index in [2.05, 4.69) is 7.05 Å². The average molecular weight is 463 g/mol. The monoisotopic (exact) mass is 462 g/mol. The Labute approximate surface area is 195 Å². The fourth-order valence-electron chi connectivity index (χ4n) is 4.34. The summed E-state index contributed by atoms with van der Waals surface area (Å²) in [5.41, 5.74) is -0.447. The van der Waals surface area contributed by atoms with Crippen molar-refractivity contribution in [2.24, 2.45) is 5.92 Å². The summed E-state index contributed by atoms with van der Waals surface area (Å²) in [5, 5.41) is 1.00. The number of benzene rings is 1. The first-order valence-electron chi connectivity index (χ1n) is 11.3. The predicted octanol–water partition coefficient (Wildman–Crippen LogP) is 5.08. The van der Waals surface area contributed by atoms with E-state index in [0.717, 1.165) is 51.8 Å². The highest BCUT2D eigenvalue weighted by molar-refractivity contribution is 7.20. The Morgan fingerprint density at radius 3 is 2.28 bits per heavy atom. The van der Waals surface area contributed by atoms with Crippen LogP contribution in [0.3, 0.4) is 0 Å². The van der Waals surface area contributed by atoms with Crippen molar-refractivity contribution in [3.8, 4) is 11.5 Å². The quantitative estimate of drug-likeness (QED) is 0.311. The number of quaternary nitrogens is 1. The third-order valence-corrected chi connectivity index (χ3v) is 7.30. The minimum Gasteiger partial charge on any atom is -0.493 e. The van der Waals surface area contributed by atoms with Gasteiger partial charge < -0.3 is 18.7 Å². The number of carbonyl (C=O) groups excluding carboxylic acids is 2. The van der Waals surface area contributed by atoms with Crippen LogP contribution < -0.4 is 9.47 Å². The summed E-state index contributed by atoms with van der Waals surface area (Å²) < 4.78 is 18.0. The number of Topliss-reactive ketones (excluding diaryl/α,β-unsaturated/α-hetero) is 1. The first-order valence-corrected chi connectivity index (χ1v) is 12.1. The van der Waals surface area contributed by atoms with Crippen LogP contribution >= 0.6 is 11.3 Å². The van der Waals surface area contributed by atoms with Gasteiger partial charge in [-0.25, -0.2) is 4.79 Å². The molecule has 0 atom stereocenters. The molecule has 3 rings (SSSR count). The largest absolute Gasteiger partial charge is 0.493 e. The lowest BCUT2D eigenvalue weighted by Crippen LogP contribution is -2.53. The van der Waals surface area contributed by atoms with Gasteiger partial charge in [0.25, 0.3) is 0 Å². The number of fused-ring (bicyclic) bond motifs is 1. The zero-order valence-electron chi connectivity index (χ0n) is 20.2. The van der Waals surface area contributed by atoms with E-state index in [0.29, 0.717) is 30.4 Å². The highest BCUT2D eigenvalue weighted by atomic mass is 32.1. The second kappa shape index (κ2) is 9.79. The van der Waals surface area contributed by atoms with Crippen LogP contribution in [0.1, 0.15) is 56.1 Å². The Bertz CT molecular complexity index is 926. The molecular formula is C25H36NO5S+. The lowest BCUT2D eigenvalue weighted by atomic mass is 9.90. The van der Waals surface area contributed by atoms with E-state index in [1.807, 2.05) is 39.0 Å². The fraction of sp³-hybridized carbons (Fsp3) is 0.600. The van der Waals surface area contributed by atoms with Gasteiger partial charge in [-0.3, -0.25) is 4.79 Å². The highest BCUT2D eigenvalue weighted by Crippen LogP contribution is 2.37. The number of likely N-dealkylation sites (N-methyl/N-ethyl adjacent to an activating group) is 1. The number of rotatable bonds is 8. The van der Waals surface area contributed by atoms with E-state index in [1.165, 1.54) is 11.3 Å². The van der Waals surface area contributed by atoms with Gasteiger partial charge in [-0.2, -0.15) is 0 Å². The Kier molecular flexibility index (Phi) is 7.50. The molecule has 1 saturated heterocycles. The van der Waals surface area contributed by atoms with Gasteiger partial charge in [-0.05, 0) is 63.5 Å². The van der Waals surface area contributed by atoms with Crippen LogP contribution in [0.25, 0.3) is 10.1 Å². The van der Waals surface area contributed by atoms with Crippen molar-refractivity contribution in [2.75, 3.05) is 40.9 Å². The number of thiophene rings is 1. The van der Waals surface area contributed by atoms with Crippen molar-refractivity contribution in [1.29, 1.82) is 0 Å². The molecule has 0 unspecified atom stereocenters. The third kappa shape index (κ3) is 6.23. The Morgan fingerprint density at radius 2 is 1.69 bits per heavy atom. The number of ketones is 1. The van der Waals surface area contributed by atoms with Crippen LogP contribution in [0.5, 0.6) is 11.5 Å². The van der Waals surface area contributed by atoms with Crippen molar-refractivity contribution in [1.82, 2.24) is 0 Å². The summed E-state index contributed by atoms with van der Waals surface area (Å²) in [6, 6.07) is 5.81. The smallest absolute Gasteiger partial charge is 0.362 e. The second-order valence-electron chi connectivity index (χ2n) is 10.1. The van der Waals surface area contributed by atoms with E-state index in [4.69, 9.17) is 14.2 Å². The zero-order chi connectivity index (χ0) is 23.5. The van der Waals surface area contributed by atoms with Crippen LogP contribution in [0.15, 0.2) is 18.2 Å². The van der Waals surface area contributed by atoms with Crippen LogP contribution in [-0.2, 0) is 9.53 Å². The van der Waals surface area contributed by atoms with Gasteiger partial charge in [0, 0.05) is 17.2 Å². The van der Waals surface area contributed by atoms with E-state index in [-0.39, 0.29) is 11.8 Å². The fourth-order valence-corrected chi connectivity index (χ4v) is 5.38. The normalized spacial score (nSPS) is 21.4. The number of methoxy groups -OCH3 is 2. The number of ether oxygens (including phenoxy) is 3. The van der Waals surface area contributed by atoms with Gasteiger partial charge in [0.05, 0.1) is 39.2 Å². The van der Waals surface area contributed by atoms with Gasteiger partial charge in [-0.1, -0.05) is 0 Å². The van der Waals surface area contributed by atoms with E-state index in [1.54, 1.807) is 14.2 Å². The molecule has 1 aromatic heterocycles. The van der Waals surface area contributed by atoms with Gasteiger partial charge in [-0.15, -0.1) is 11.3 Å². The molecular weight excluding hydrogens is 426 g/mol. The third-order valence-electron chi connectivity index (χ3n) is 6.16. The Morgan fingerprint density at radius 1 is 1.06 bits per heavy atom. The molecule has 2 aromatic rings. The molecule has 0 spiro atoms. The lowest BCUT2D eigenvalue weighted by molar-refractivity contribution is -0.908. The molecule has 0 N–H and O–H groups in total. The molecule has 1 fully saturated rings. The number of carbonyl (C=O) groups is 2. The predicted molar refractivity (Wildman–Crippen MR) is 128 cm³/mol. The topological polar surface area (TPSA) is 61.8 Å². The maximum atomic E-state index is 12.9. The number of nitrogens with zero attached hydrogens (tertiary/aromatic N) is 1. The molecule has 176 valence electrons. The van der Waals surface area contributed by atoms with Crippen LogP contribution in [0.4, 0.5) is 0 Å². The molecule has 0 radical (unpaired) electrons. The summed E-state index contributed by atoms with van der Waals surface area (Å²) in [5.74, 6) is 1.94. The Balaban J connectivity index is 1.52. The molecule has 0 bridgehead atoms. The summed E-state index contributed by atoms with van der Waals surface area (Å²) >= 11 is 1.51. The summed E-state index contributed by atoms with van der Waals surface area (Å²) in [6.45, 7) is 8.01. The van der Waals surface area contributed by atoms with E-state index < -0.39 is 5.60 Å². The first kappa shape index (κ1) is 24.5.